The SMILES string of the molecule is O=c1cccc(C2C=CC2)cc1. The van der Waals surface area contributed by atoms with Gasteiger partial charge in [-0.3, -0.25) is 4.79 Å². The molecular formula is C11H10O. The number of hydrogen-bond acceptors (Lipinski definition) is 1. The van der Waals surface area contributed by atoms with Crippen LogP contribution in [0.4, 0.5) is 0 Å². The lowest BCUT2D eigenvalue weighted by molar-refractivity contribution is 0.795. The van der Waals surface area contributed by atoms with E-state index >= 15 is 0 Å². The molecule has 0 spiro atoms. The second-order valence-electron chi connectivity index (χ2n) is 3.03. The highest BCUT2D eigenvalue weighted by molar-refractivity contribution is 5.28. The molecule has 1 aromatic carbocycles. The molecule has 0 fully saturated rings. The van der Waals surface area contributed by atoms with E-state index in [1.807, 2.05) is 18.2 Å². The van der Waals surface area contributed by atoms with E-state index in [0.29, 0.717) is 5.92 Å². The number of allylic oxidation sites excluding steroid dienone is 2. The molecule has 1 aliphatic carbocycles. The van der Waals surface area contributed by atoms with E-state index in [1.165, 1.54) is 5.56 Å². The molecule has 1 atom stereocenters. The molecule has 1 heteroatoms. The summed E-state index contributed by atoms with van der Waals surface area (Å²) in [5.41, 5.74) is 1.31. The first kappa shape index (κ1) is 7.29. The van der Waals surface area contributed by atoms with Crippen molar-refractivity contribution in [2.24, 2.45) is 0 Å². The molecule has 0 heterocycles. The Hall–Kier alpha value is -1.37. The highest BCUT2D eigenvalue weighted by Gasteiger charge is 2.10. The third-order valence-corrected chi connectivity index (χ3v) is 2.18. The van der Waals surface area contributed by atoms with Gasteiger partial charge in [-0.1, -0.05) is 30.4 Å². The molecule has 0 N–H and O–H groups in total. The fourth-order valence-corrected chi connectivity index (χ4v) is 1.31. The Morgan fingerprint density at radius 3 is 2.67 bits per heavy atom. The van der Waals surface area contributed by atoms with Crippen LogP contribution in [0.15, 0.2) is 47.3 Å². The van der Waals surface area contributed by atoms with Crippen LogP contribution in [0, 0.1) is 0 Å². The monoisotopic (exact) mass is 158 g/mol. The minimum atomic E-state index is 0.0737. The van der Waals surface area contributed by atoms with Gasteiger partial charge >= 0.3 is 0 Å². The van der Waals surface area contributed by atoms with Crippen LogP contribution in [0.5, 0.6) is 0 Å². The molecule has 0 bridgehead atoms. The number of rotatable bonds is 1. The van der Waals surface area contributed by atoms with Gasteiger partial charge in [0.1, 0.15) is 0 Å². The van der Waals surface area contributed by atoms with Crippen LogP contribution in [0.3, 0.4) is 0 Å². The Bertz CT molecular complexity index is 365. The molecule has 1 unspecified atom stereocenters. The summed E-state index contributed by atoms with van der Waals surface area (Å²) < 4.78 is 0. The van der Waals surface area contributed by atoms with Crippen molar-refractivity contribution in [3.63, 3.8) is 0 Å². The smallest absolute Gasteiger partial charge is 0.178 e. The number of hydrogen-bond donors (Lipinski definition) is 0. The van der Waals surface area contributed by atoms with Crippen LogP contribution in [-0.4, -0.2) is 0 Å². The quantitative estimate of drug-likeness (QED) is 0.572. The van der Waals surface area contributed by atoms with Gasteiger partial charge in [-0.15, -0.1) is 0 Å². The van der Waals surface area contributed by atoms with Crippen LogP contribution in [-0.2, 0) is 0 Å². The summed E-state index contributed by atoms with van der Waals surface area (Å²) in [5, 5.41) is 0. The molecule has 1 aromatic rings. The average Bonchev–Trinajstić information content (AvgIpc) is 2.12. The van der Waals surface area contributed by atoms with Gasteiger partial charge in [-0.2, -0.15) is 0 Å². The van der Waals surface area contributed by atoms with Gasteiger partial charge in [0, 0.05) is 5.92 Å². The zero-order chi connectivity index (χ0) is 8.39. The Balaban J connectivity index is 2.41. The third kappa shape index (κ3) is 1.30. The van der Waals surface area contributed by atoms with Crippen molar-refractivity contribution in [2.75, 3.05) is 0 Å². The van der Waals surface area contributed by atoms with Gasteiger partial charge in [0.05, 0.1) is 0 Å². The van der Waals surface area contributed by atoms with Crippen LogP contribution in [0.1, 0.15) is 17.9 Å². The zero-order valence-electron chi connectivity index (χ0n) is 6.73. The van der Waals surface area contributed by atoms with Gasteiger partial charge in [0.2, 0.25) is 0 Å². The van der Waals surface area contributed by atoms with E-state index in [-0.39, 0.29) is 5.43 Å². The second kappa shape index (κ2) is 2.94. The molecule has 0 saturated heterocycles. The van der Waals surface area contributed by atoms with Gasteiger partial charge in [-0.05, 0) is 24.1 Å². The zero-order valence-corrected chi connectivity index (χ0v) is 6.73. The molecule has 60 valence electrons. The first-order valence-corrected chi connectivity index (χ1v) is 4.13. The predicted octanol–water partition coefficient (Wildman–Crippen LogP) is 2.09. The van der Waals surface area contributed by atoms with E-state index in [4.69, 9.17) is 0 Å². The first-order valence-electron chi connectivity index (χ1n) is 4.13. The fraction of sp³-hybridized carbons (Fsp3) is 0.182. The maximum Gasteiger partial charge on any atom is 0.178 e. The highest BCUT2D eigenvalue weighted by Crippen LogP contribution is 2.27. The van der Waals surface area contributed by atoms with Crippen molar-refractivity contribution in [3.8, 4) is 0 Å². The van der Waals surface area contributed by atoms with Crippen molar-refractivity contribution in [1.29, 1.82) is 0 Å². The van der Waals surface area contributed by atoms with Gasteiger partial charge < -0.3 is 0 Å². The Kier molecular flexibility index (Phi) is 1.78. The summed E-state index contributed by atoms with van der Waals surface area (Å²) in [6.45, 7) is 0. The summed E-state index contributed by atoms with van der Waals surface area (Å²) in [6, 6.07) is 8.96. The minimum Gasteiger partial charge on any atom is -0.290 e. The molecule has 0 aliphatic heterocycles. The fourth-order valence-electron chi connectivity index (χ4n) is 1.31. The van der Waals surface area contributed by atoms with Crippen molar-refractivity contribution in [3.05, 3.63) is 58.3 Å². The molecule has 1 aliphatic rings. The second-order valence-corrected chi connectivity index (χ2v) is 3.03. The van der Waals surface area contributed by atoms with Crippen molar-refractivity contribution in [1.82, 2.24) is 0 Å². The molecule has 0 saturated carbocycles. The van der Waals surface area contributed by atoms with E-state index in [1.54, 1.807) is 12.1 Å². The predicted molar refractivity (Wildman–Crippen MR) is 49.2 cm³/mol. The van der Waals surface area contributed by atoms with Crippen LogP contribution in [0.25, 0.3) is 0 Å². The molecule has 0 aromatic heterocycles. The van der Waals surface area contributed by atoms with E-state index in [2.05, 4.69) is 12.2 Å². The maximum atomic E-state index is 10.9. The lowest BCUT2D eigenvalue weighted by Crippen LogP contribution is -1.99. The third-order valence-electron chi connectivity index (χ3n) is 2.18. The molecular weight excluding hydrogens is 148 g/mol. The summed E-state index contributed by atoms with van der Waals surface area (Å²) in [5.74, 6) is 0.539. The van der Waals surface area contributed by atoms with Crippen LogP contribution in [0.2, 0.25) is 0 Å². The van der Waals surface area contributed by atoms with E-state index in [0.717, 1.165) is 6.42 Å². The van der Waals surface area contributed by atoms with Gasteiger partial charge in [-0.25, -0.2) is 0 Å². The van der Waals surface area contributed by atoms with Crippen LogP contribution < -0.4 is 5.43 Å². The van der Waals surface area contributed by atoms with E-state index < -0.39 is 0 Å². The Labute approximate surface area is 71.4 Å². The largest absolute Gasteiger partial charge is 0.290 e. The van der Waals surface area contributed by atoms with Crippen LogP contribution >= 0.6 is 0 Å². The van der Waals surface area contributed by atoms with Crippen molar-refractivity contribution in [2.45, 2.75) is 12.3 Å². The Morgan fingerprint density at radius 1 is 1.17 bits per heavy atom. The average molecular weight is 158 g/mol. The van der Waals surface area contributed by atoms with Crippen molar-refractivity contribution < 1.29 is 0 Å². The summed E-state index contributed by atoms with van der Waals surface area (Å²) in [6.07, 6.45) is 5.42. The topological polar surface area (TPSA) is 17.1 Å². The molecule has 12 heavy (non-hydrogen) atoms. The first-order chi connectivity index (χ1) is 5.86. The normalized spacial score (nSPS) is 20.2. The summed E-state index contributed by atoms with van der Waals surface area (Å²) >= 11 is 0. The van der Waals surface area contributed by atoms with E-state index in [9.17, 15) is 4.79 Å². The van der Waals surface area contributed by atoms with Crippen molar-refractivity contribution >= 4 is 0 Å². The standard InChI is InChI=1S/C11H10O/c12-11-6-2-5-10(7-8-11)9-3-1-4-9/h1-3,5-9H,4H2. The summed E-state index contributed by atoms with van der Waals surface area (Å²) in [7, 11) is 0. The molecule has 0 radical (unpaired) electrons. The minimum absolute atomic E-state index is 0.0737. The Morgan fingerprint density at radius 2 is 2.00 bits per heavy atom. The molecule has 1 nitrogen and oxygen atoms in total. The highest BCUT2D eigenvalue weighted by atomic mass is 16.1. The lowest BCUT2D eigenvalue weighted by Gasteiger charge is -2.16. The maximum absolute atomic E-state index is 10.9. The van der Waals surface area contributed by atoms with Gasteiger partial charge in [0.25, 0.3) is 0 Å². The lowest BCUT2D eigenvalue weighted by atomic mass is 9.89. The van der Waals surface area contributed by atoms with Gasteiger partial charge in [0.15, 0.2) is 5.43 Å². The summed E-state index contributed by atoms with van der Waals surface area (Å²) in [4.78, 5) is 10.9. The molecule has 0 amide bonds. The molecule has 2 rings (SSSR count).